The summed E-state index contributed by atoms with van der Waals surface area (Å²) in [5, 5.41) is 12.0. The van der Waals surface area contributed by atoms with Crippen molar-refractivity contribution in [3.63, 3.8) is 0 Å². The summed E-state index contributed by atoms with van der Waals surface area (Å²) in [6, 6.07) is 0. The summed E-state index contributed by atoms with van der Waals surface area (Å²) < 4.78 is 0. The highest BCUT2D eigenvalue weighted by atomic mass is 16.3. The van der Waals surface area contributed by atoms with Crippen LogP contribution in [0.25, 0.3) is 0 Å². The van der Waals surface area contributed by atoms with Crippen LogP contribution in [0.2, 0.25) is 0 Å². The quantitative estimate of drug-likeness (QED) is 0.581. The number of hydrogen-bond acceptors (Lipinski definition) is 3. The molecule has 1 heterocycles. The van der Waals surface area contributed by atoms with Crippen molar-refractivity contribution in [3.8, 4) is 12.3 Å². The van der Waals surface area contributed by atoms with Gasteiger partial charge in [-0.15, -0.1) is 6.42 Å². The molecule has 0 bridgehead atoms. The van der Waals surface area contributed by atoms with Crippen molar-refractivity contribution in [2.24, 2.45) is 0 Å². The van der Waals surface area contributed by atoms with E-state index in [1.807, 2.05) is 4.90 Å². The summed E-state index contributed by atoms with van der Waals surface area (Å²) in [7, 11) is 0. The number of likely N-dealkylation sites (tertiary alicyclic amines) is 1. The normalized spacial score (nSPS) is 22.7. The molecule has 0 aromatic carbocycles. The predicted molar refractivity (Wildman–Crippen MR) is 53.5 cm³/mol. The van der Waals surface area contributed by atoms with Crippen molar-refractivity contribution in [2.75, 3.05) is 26.2 Å². The van der Waals surface area contributed by atoms with Crippen molar-refractivity contribution in [2.45, 2.75) is 18.9 Å². The summed E-state index contributed by atoms with van der Waals surface area (Å²) in [4.78, 5) is 13.2. The number of aliphatic hydroxyl groups is 1. The van der Waals surface area contributed by atoms with E-state index in [4.69, 9.17) is 6.42 Å². The Kier molecular flexibility index (Phi) is 4.44. The molecule has 0 aliphatic carbocycles. The van der Waals surface area contributed by atoms with Gasteiger partial charge in [-0.3, -0.25) is 9.69 Å². The van der Waals surface area contributed by atoms with E-state index >= 15 is 0 Å². The third-order valence-electron chi connectivity index (χ3n) is 2.24. The fourth-order valence-electron chi connectivity index (χ4n) is 1.58. The first kappa shape index (κ1) is 11.0. The molecule has 14 heavy (non-hydrogen) atoms. The molecule has 0 aromatic rings. The van der Waals surface area contributed by atoms with Gasteiger partial charge in [-0.25, -0.2) is 0 Å². The average molecular weight is 196 g/mol. The third-order valence-corrected chi connectivity index (χ3v) is 2.24. The lowest BCUT2D eigenvalue weighted by Gasteiger charge is -2.29. The topological polar surface area (TPSA) is 52.6 Å². The SMILES string of the molecule is C#CCNC(=O)CN1CCC[C@H](O)C1. The van der Waals surface area contributed by atoms with Crippen LogP contribution in [0.15, 0.2) is 0 Å². The van der Waals surface area contributed by atoms with Gasteiger partial charge in [0.25, 0.3) is 0 Å². The van der Waals surface area contributed by atoms with Gasteiger partial charge in [0.1, 0.15) is 0 Å². The van der Waals surface area contributed by atoms with Crippen LogP contribution in [0.3, 0.4) is 0 Å². The van der Waals surface area contributed by atoms with E-state index in [-0.39, 0.29) is 18.6 Å². The number of nitrogens with zero attached hydrogens (tertiary/aromatic N) is 1. The van der Waals surface area contributed by atoms with Crippen LogP contribution < -0.4 is 5.32 Å². The average Bonchev–Trinajstić information content (AvgIpc) is 2.15. The van der Waals surface area contributed by atoms with Gasteiger partial charge in [-0.05, 0) is 19.4 Å². The fraction of sp³-hybridized carbons (Fsp3) is 0.700. The van der Waals surface area contributed by atoms with Crippen LogP contribution in [0, 0.1) is 12.3 Å². The zero-order chi connectivity index (χ0) is 10.4. The number of nitrogens with one attached hydrogen (secondary N) is 1. The number of piperidine rings is 1. The number of hydrogen-bond donors (Lipinski definition) is 2. The van der Waals surface area contributed by atoms with Gasteiger partial charge < -0.3 is 10.4 Å². The minimum Gasteiger partial charge on any atom is -0.392 e. The predicted octanol–water partition coefficient (Wildman–Crippen LogP) is -0.808. The van der Waals surface area contributed by atoms with E-state index in [0.29, 0.717) is 13.1 Å². The van der Waals surface area contributed by atoms with Gasteiger partial charge in [-0.2, -0.15) is 0 Å². The first-order valence-corrected chi connectivity index (χ1v) is 4.83. The number of terminal acetylenes is 1. The smallest absolute Gasteiger partial charge is 0.234 e. The third kappa shape index (κ3) is 3.77. The fourth-order valence-corrected chi connectivity index (χ4v) is 1.58. The largest absolute Gasteiger partial charge is 0.392 e. The van der Waals surface area contributed by atoms with Gasteiger partial charge in [0.2, 0.25) is 5.91 Å². The molecule has 1 aliphatic rings. The maximum absolute atomic E-state index is 11.2. The van der Waals surface area contributed by atoms with Crippen molar-refractivity contribution in [1.29, 1.82) is 0 Å². The number of carbonyl (C=O) groups is 1. The van der Waals surface area contributed by atoms with Crippen LogP contribution in [-0.2, 0) is 4.79 Å². The molecule has 1 amide bonds. The Morgan fingerprint density at radius 3 is 3.14 bits per heavy atom. The Morgan fingerprint density at radius 2 is 2.50 bits per heavy atom. The van der Waals surface area contributed by atoms with Crippen molar-refractivity contribution in [3.05, 3.63) is 0 Å². The van der Waals surface area contributed by atoms with Gasteiger partial charge in [-0.1, -0.05) is 5.92 Å². The van der Waals surface area contributed by atoms with E-state index in [0.717, 1.165) is 19.4 Å². The molecule has 0 radical (unpaired) electrons. The van der Waals surface area contributed by atoms with Crippen molar-refractivity contribution < 1.29 is 9.90 Å². The highest BCUT2D eigenvalue weighted by Gasteiger charge is 2.19. The molecule has 0 saturated carbocycles. The summed E-state index contributed by atoms with van der Waals surface area (Å²) in [6.07, 6.45) is 6.51. The second-order valence-corrected chi connectivity index (χ2v) is 3.51. The van der Waals surface area contributed by atoms with Crippen LogP contribution >= 0.6 is 0 Å². The Labute approximate surface area is 84.3 Å². The number of carbonyl (C=O) groups excluding carboxylic acids is 1. The van der Waals surface area contributed by atoms with E-state index in [1.165, 1.54) is 0 Å². The van der Waals surface area contributed by atoms with Gasteiger partial charge >= 0.3 is 0 Å². The monoisotopic (exact) mass is 196 g/mol. The first-order valence-electron chi connectivity index (χ1n) is 4.83. The highest BCUT2D eigenvalue weighted by molar-refractivity contribution is 5.78. The molecule has 4 nitrogen and oxygen atoms in total. The molecule has 78 valence electrons. The molecule has 0 spiro atoms. The van der Waals surface area contributed by atoms with Crippen LogP contribution in [0.4, 0.5) is 0 Å². The zero-order valence-electron chi connectivity index (χ0n) is 8.20. The summed E-state index contributed by atoms with van der Waals surface area (Å²) in [6.45, 7) is 2.07. The van der Waals surface area contributed by atoms with E-state index < -0.39 is 0 Å². The van der Waals surface area contributed by atoms with E-state index in [9.17, 15) is 9.90 Å². The lowest BCUT2D eigenvalue weighted by atomic mass is 10.1. The molecule has 2 N–H and O–H groups in total. The van der Waals surface area contributed by atoms with E-state index in [1.54, 1.807) is 0 Å². The standard InChI is InChI=1S/C10H16N2O2/c1-2-5-11-10(14)8-12-6-3-4-9(13)7-12/h1,9,13H,3-8H2,(H,11,14)/t9-/m0/s1. The van der Waals surface area contributed by atoms with Gasteiger partial charge in [0.15, 0.2) is 0 Å². The highest BCUT2D eigenvalue weighted by Crippen LogP contribution is 2.08. The summed E-state index contributed by atoms with van der Waals surface area (Å²) in [5.74, 6) is 2.27. The first-order chi connectivity index (χ1) is 6.72. The second-order valence-electron chi connectivity index (χ2n) is 3.51. The number of rotatable bonds is 3. The van der Waals surface area contributed by atoms with Crippen LogP contribution in [0.5, 0.6) is 0 Å². The summed E-state index contributed by atoms with van der Waals surface area (Å²) >= 11 is 0. The Balaban J connectivity index is 2.22. The second kappa shape index (κ2) is 5.63. The Bertz CT molecular complexity index is 235. The number of amides is 1. The molecular formula is C10H16N2O2. The van der Waals surface area contributed by atoms with Gasteiger partial charge in [0.05, 0.1) is 19.2 Å². The minimum atomic E-state index is -0.288. The number of β-amino-alcohol motifs (C(OH)–C–C–N with tert-alkyl or cyclic N) is 1. The minimum absolute atomic E-state index is 0.0722. The molecular weight excluding hydrogens is 180 g/mol. The molecule has 1 aliphatic heterocycles. The van der Waals surface area contributed by atoms with Crippen molar-refractivity contribution in [1.82, 2.24) is 10.2 Å². The van der Waals surface area contributed by atoms with E-state index in [2.05, 4.69) is 11.2 Å². The molecule has 1 saturated heterocycles. The molecule has 1 atom stereocenters. The van der Waals surface area contributed by atoms with Crippen molar-refractivity contribution >= 4 is 5.91 Å². The maximum atomic E-state index is 11.2. The number of aliphatic hydroxyl groups excluding tert-OH is 1. The molecule has 4 heteroatoms. The molecule has 1 fully saturated rings. The maximum Gasteiger partial charge on any atom is 0.234 e. The lowest BCUT2D eigenvalue weighted by molar-refractivity contribution is -0.122. The lowest BCUT2D eigenvalue weighted by Crippen LogP contribution is -2.44. The van der Waals surface area contributed by atoms with Crippen LogP contribution in [0.1, 0.15) is 12.8 Å². The Morgan fingerprint density at radius 1 is 1.71 bits per heavy atom. The zero-order valence-corrected chi connectivity index (χ0v) is 8.20. The summed E-state index contributed by atoms with van der Waals surface area (Å²) in [5.41, 5.74) is 0. The van der Waals surface area contributed by atoms with Gasteiger partial charge in [0, 0.05) is 6.54 Å². The molecule has 1 rings (SSSR count). The molecule has 0 unspecified atom stereocenters. The molecule has 0 aromatic heterocycles. The Hall–Kier alpha value is -1.05. The van der Waals surface area contributed by atoms with Crippen LogP contribution in [-0.4, -0.2) is 48.2 Å².